The van der Waals surface area contributed by atoms with E-state index < -0.39 is 21.5 Å². The highest BCUT2D eigenvalue weighted by atomic mass is 32.2. The fraction of sp³-hybridized carbons (Fsp3) is 0.562. The molecule has 2 rings (SSSR count). The third-order valence-electron chi connectivity index (χ3n) is 3.86. The summed E-state index contributed by atoms with van der Waals surface area (Å²) in [6, 6.07) is 3.61. The molecule has 1 fully saturated rings. The van der Waals surface area contributed by atoms with Gasteiger partial charge in [0.1, 0.15) is 21.5 Å². The second kappa shape index (κ2) is 8.46. The summed E-state index contributed by atoms with van der Waals surface area (Å²) in [4.78, 5) is 6.12. The Balaban J connectivity index is 1.96. The van der Waals surface area contributed by atoms with Crippen molar-refractivity contribution in [3.05, 3.63) is 29.8 Å². The molecule has 0 radical (unpaired) electrons. The Morgan fingerprint density at radius 2 is 2.16 bits per heavy atom. The Kier molecular flexibility index (Phi) is 6.57. The average molecular weight is 374 g/mol. The Labute approximate surface area is 147 Å². The molecule has 1 heterocycles. The minimum atomic E-state index is -3.06. The van der Waals surface area contributed by atoms with Crippen LogP contribution in [0.4, 0.5) is 14.5 Å². The van der Waals surface area contributed by atoms with Crippen molar-refractivity contribution in [2.75, 3.05) is 43.1 Å². The number of rotatable bonds is 6. The molecule has 9 heteroatoms. The van der Waals surface area contributed by atoms with Gasteiger partial charge in [0.15, 0.2) is 5.96 Å². The first-order chi connectivity index (χ1) is 11.8. The second-order valence-corrected chi connectivity index (χ2v) is 8.32. The summed E-state index contributed by atoms with van der Waals surface area (Å²) in [5.41, 5.74) is 0.379. The Morgan fingerprint density at radius 3 is 2.80 bits per heavy atom. The summed E-state index contributed by atoms with van der Waals surface area (Å²) in [6.07, 6.45) is 1.95. The molecule has 1 aromatic carbocycles. The Morgan fingerprint density at radius 1 is 1.40 bits per heavy atom. The summed E-state index contributed by atoms with van der Waals surface area (Å²) >= 11 is 0. The van der Waals surface area contributed by atoms with Crippen LogP contribution in [0.3, 0.4) is 0 Å². The molecule has 140 valence electrons. The fourth-order valence-electron chi connectivity index (χ4n) is 2.67. The maximum absolute atomic E-state index is 13.9. The van der Waals surface area contributed by atoms with Gasteiger partial charge in [-0.15, -0.1) is 0 Å². The first kappa shape index (κ1) is 19.4. The van der Waals surface area contributed by atoms with E-state index in [9.17, 15) is 17.2 Å². The van der Waals surface area contributed by atoms with Gasteiger partial charge in [0.2, 0.25) is 0 Å². The van der Waals surface area contributed by atoms with Crippen LogP contribution in [-0.2, 0) is 9.84 Å². The molecule has 1 aliphatic heterocycles. The van der Waals surface area contributed by atoms with E-state index in [2.05, 4.69) is 15.6 Å². The van der Waals surface area contributed by atoms with Gasteiger partial charge in [-0.2, -0.15) is 0 Å². The third-order valence-corrected chi connectivity index (χ3v) is 4.78. The predicted molar refractivity (Wildman–Crippen MR) is 95.8 cm³/mol. The summed E-state index contributed by atoms with van der Waals surface area (Å²) in [5, 5.41) is 6.31. The van der Waals surface area contributed by atoms with E-state index in [-0.39, 0.29) is 18.3 Å². The van der Waals surface area contributed by atoms with Crippen molar-refractivity contribution in [3.63, 3.8) is 0 Å². The van der Waals surface area contributed by atoms with Crippen LogP contribution in [0.5, 0.6) is 0 Å². The topological polar surface area (TPSA) is 73.8 Å². The van der Waals surface area contributed by atoms with E-state index in [1.807, 2.05) is 11.8 Å². The van der Waals surface area contributed by atoms with Crippen LogP contribution in [0, 0.1) is 11.6 Å². The van der Waals surface area contributed by atoms with Crippen molar-refractivity contribution >= 4 is 21.5 Å². The molecule has 1 unspecified atom stereocenters. The van der Waals surface area contributed by atoms with E-state index in [0.29, 0.717) is 31.3 Å². The molecule has 1 aromatic rings. The lowest BCUT2D eigenvalue weighted by molar-refractivity contribution is 0.580. The molecule has 0 bridgehead atoms. The highest BCUT2D eigenvalue weighted by Gasteiger charge is 2.25. The number of sulfone groups is 1. The molecule has 6 nitrogen and oxygen atoms in total. The quantitative estimate of drug-likeness (QED) is 0.577. The number of nitrogens with zero attached hydrogens (tertiary/aromatic N) is 2. The lowest BCUT2D eigenvalue weighted by atomic mass is 10.2. The lowest BCUT2D eigenvalue weighted by Gasteiger charge is -2.21. The number of nitrogens with one attached hydrogen (secondary N) is 2. The SMILES string of the molecule is CCNC(=NCCS(C)(=O)=O)NC1CCN(c2ccc(F)cc2F)C1. The van der Waals surface area contributed by atoms with Gasteiger partial charge < -0.3 is 15.5 Å². The molecule has 0 aliphatic carbocycles. The van der Waals surface area contributed by atoms with Crippen LogP contribution >= 0.6 is 0 Å². The minimum absolute atomic E-state index is 0.0127. The number of anilines is 1. The van der Waals surface area contributed by atoms with Crippen molar-refractivity contribution in [2.45, 2.75) is 19.4 Å². The van der Waals surface area contributed by atoms with Crippen LogP contribution in [0.2, 0.25) is 0 Å². The summed E-state index contributed by atoms with van der Waals surface area (Å²) in [6.45, 7) is 3.94. The van der Waals surface area contributed by atoms with Gasteiger partial charge in [-0.1, -0.05) is 0 Å². The standard InChI is InChI=1S/C16H24F2N4O2S/c1-3-19-16(20-7-9-25(2,23)24)21-13-6-8-22(11-13)15-5-4-12(17)10-14(15)18/h4-5,10,13H,3,6-9,11H2,1-2H3,(H2,19,20,21). The molecular weight excluding hydrogens is 350 g/mol. The molecule has 0 saturated carbocycles. The first-order valence-corrected chi connectivity index (χ1v) is 10.3. The van der Waals surface area contributed by atoms with Crippen LogP contribution in [0.1, 0.15) is 13.3 Å². The van der Waals surface area contributed by atoms with Gasteiger partial charge in [-0.3, -0.25) is 4.99 Å². The number of halogens is 2. The van der Waals surface area contributed by atoms with Gasteiger partial charge in [-0.25, -0.2) is 17.2 Å². The first-order valence-electron chi connectivity index (χ1n) is 8.21. The smallest absolute Gasteiger partial charge is 0.191 e. The van der Waals surface area contributed by atoms with Crippen molar-refractivity contribution in [1.29, 1.82) is 0 Å². The van der Waals surface area contributed by atoms with Crippen molar-refractivity contribution in [1.82, 2.24) is 10.6 Å². The van der Waals surface area contributed by atoms with Crippen molar-refractivity contribution in [3.8, 4) is 0 Å². The van der Waals surface area contributed by atoms with Crippen LogP contribution in [0.15, 0.2) is 23.2 Å². The summed E-state index contributed by atoms with van der Waals surface area (Å²) < 4.78 is 49.3. The predicted octanol–water partition coefficient (Wildman–Crippen LogP) is 1.14. The summed E-state index contributed by atoms with van der Waals surface area (Å²) in [5.74, 6) is -0.643. The molecule has 25 heavy (non-hydrogen) atoms. The van der Waals surface area contributed by atoms with Gasteiger partial charge in [0, 0.05) is 38.0 Å². The number of benzene rings is 1. The number of guanidine groups is 1. The van der Waals surface area contributed by atoms with Gasteiger partial charge in [-0.05, 0) is 25.5 Å². The van der Waals surface area contributed by atoms with Gasteiger partial charge >= 0.3 is 0 Å². The van der Waals surface area contributed by atoms with Crippen molar-refractivity contribution < 1.29 is 17.2 Å². The lowest BCUT2D eigenvalue weighted by Crippen LogP contribution is -2.44. The second-order valence-electron chi connectivity index (χ2n) is 6.06. The van der Waals surface area contributed by atoms with E-state index >= 15 is 0 Å². The normalized spacial score (nSPS) is 18.5. The molecule has 0 amide bonds. The fourth-order valence-corrected chi connectivity index (χ4v) is 3.09. The van der Waals surface area contributed by atoms with Gasteiger partial charge in [0.25, 0.3) is 0 Å². The molecular formula is C16H24F2N4O2S. The number of aliphatic imine (C=N–C) groups is 1. The zero-order chi connectivity index (χ0) is 18.4. The zero-order valence-electron chi connectivity index (χ0n) is 14.4. The maximum Gasteiger partial charge on any atom is 0.191 e. The van der Waals surface area contributed by atoms with Gasteiger partial charge in [0.05, 0.1) is 18.0 Å². The van der Waals surface area contributed by atoms with Crippen LogP contribution in [-0.4, -0.2) is 58.6 Å². The monoisotopic (exact) mass is 374 g/mol. The molecule has 2 N–H and O–H groups in total. The molecule has 1 atom stereocenters. The zero-order valence-corrected chi connectivity index (χ0v) is 15.2. The number of hydrogen-bond donors (Lipinski definition) is 2. The highest BCUT2D eigenvalue weighted by molar-refractivity contribution is 7.90. The maximum atomic E-state index is 13.9. The van der Waals surface area contributed by atoms with E-state index in [0.717, 1.165) is 12.5 Å². The van der Waals surface area contributed by atoms with E-state index in [1.54, 1.807) is 0 Å². The largest absolute Gasteiger partial charge is 0.367 e. The van der Waals surface area contributed by atoms with E-state index in [1.165, 1.54) is 18.4 Å². The van der Waals surface area contributed by atoms with Crippen molar-refractivity contribution in [2.24, 2.45) is 4.99 Å². The van der Waals surface area contributed by atoms with Crippen LogP contribution < -0.4 is 15.5 Å². The highest BCUT2D eigenvalue weighted by Crippen LogP contribution is 2.24. The Bertz CT molecular complexity index is 725. The molecule has 0 aromatic heterocycles. The Hall–Kier alpha value is -1.90. The number of hydrogen-bond acceptors (Lipinski definition) is 4. The molecule has 1 saturated heterocycles. The summed E-state index contributed by atoms with van der Waals surface area (Å²) in [7, 11) is -3.06. The van der Waals surface area contributed by atoms with Crippen LogP contribution in [0.25, 0.3) is 0 Å². The minimum Gasteiger partial charge on any atom is -0.367 e. The molecule has 1 aliphatic rings. The molecule has 0 spiro atoms. The third kappa shape index (κ3) is 6.15. The average Bonchev–Trinajstić information content (AvgIpc) is 2.94. The van der Waals surface area contributed by atoms with E-state index in [4.69, 9.17) is 0 Å².